The number of carbonyl (C=O) groups excluding carboxylic acids is 3. The summed E-state index contributed by atoms with van der Waals surface area (Å²) in [7, 11) is 0. The maximum absolute atomic E-state index is 12.5. The SMILES string of the molecule is CC1CCCCN1CCCNC(=O)CN1C(=O)NC(C)(C2CC2)C1=O. The van der Waals surface area contributed by atoms with E-state index >= 15 is 0 Å². The van der Waals surface area contributed by atoms with Gasteiger partial charge in [0, 0.05) is 19.1 Å². The number of hydrogen-bond donors (Lipinski definition) is 2. The Labute approximate surface area is 149 Å². The Morgan fingerprint density at radius 2 is 2.04 bits per heavy atom. The van der Waals surface area contributed by atoms with Gasteiger partial charge in [-0.1, -0.05) is 6.42 Å². The van der Waals surface area contributed by atoms with Crippen LogP contribution in [0.25, 0.3) is 0 Å². The maximum Gasteiger partial charge on any atom is 0.325 e. The number of urea groups is 1. The van der Waals surface area contributed by atoms with Crippen LogP contribution in [-0.2, 0) is 9.59 Å². The Balaban J connectivity index is 1.39. The van der Waals surface area contributed by atoms with Gasteiger partial charge < -0.3 is 15.5 Å². The van der Waals surface area contributed by atoms with E-state index in [0.29, 0.717) is 12.6 Å². The number of likely N-dealkylation sites (tertiary alicyclic amines) is 1. The van der Waals surface area contributed by atoms with Gasteiger partial charge in [0.15, 0.2) is 0 Å². The number of piperidine rings is 1. The molecule has 3 fully saturated rings. The molecule has 140 valence electrons. The highest BCUT2D eigenvalue weighted by Crippen LogP contribution is 2.42. The molecule has 2 unspecified atom stereocenters. The number of amides is 4. The van der Waals surface area contributed by atoms with Crippen LogP contribution in [-0.4, -0.2) is 65.4 Å². The fourth-order valence-electron chi connectivity index (χ4n) is 4.00. The summed E-state index contributed by atoms with van der Waals surface area (Å²) in [5.74, 6) is -0.323. The summed E-state index contributed by atoms with van der Waals surface area (Å²) in [5.41, 5.74) is -0.818. The van der Waals surface area contributed by atoms with Crippen molar-refractivity contribution < 1.29 is 14.4 Å². The lowest BCUT2D eigenvalue weighted by molar-refractivity contribution is -0.135. The van der Waals surface area contributed by atoms with E-state index in [9.17, 15) is 14.4 Å². The zero-order valence-electron chi connectivity index (χ0n) is 15.3. The van der Waals surface area contributed by atoms with Gasteiger partial charge in [-0.3, -0.25) is 14.5 Å². The van der Waals surface area contributed by atoms with Gasteiger partial charge in [0.1, 0.15) is 12.1 Å². The van der Waals surface area contributed by atoms with Crippen LogP contribution in [0.4, 0.5) is 4.79 Å². The Kier molecular flexibility index (Phi) is 5.32. The van der Waals surface area contributed by atoms with Crippen LogP contribution in [0.2, 0.25) is 0 Å². The lowest BCUT2D eigenvalue weighted by Crippen LogP contribution is -2.47. The average molecular weight is 350 g/mol. The molecular weight excluding hydrogens is 320 g/mol. The van der Waals surface area contributed by atoms with E-state index in [1.807, 2.05) is 0 Å². The Morgan fingerprint density at radius 3 is 2.72 bits per heavy atom. The Hall–Kier alpha value is -1.63. The summed E-state index contributed by atoms with van der Waals surface area (Å²) in [6, 6.07) is 0.173. The highest BCUT2D eigenvalue weighted by atomic mass is 16.2. The molecule has 0 aromatic carbocycles. The van der Waals surface area contributed by atoms with Crippen molar-refractivity contribution in [1.82, 2.24) is 20.4 Å². The Bertz CT molecular complexity index is 548. The predicted molar refractivity (Wildman–Crippen MR) is 93.9 cm³/mol. The van der Waals surface area contributed by atoms with Gasteiger partial charge in [-0.15, -0.1) is 0 Å². The molecule has 1 aliphatic carbocycles. The van der Waals surface area contributed by atoms with E-state index in [0.717, 1.165) is 37.3 Å². The molecule has 0 aromatic rings. The topological polar surface area (TPSA) is 81.8 Å². The molecule has 0 aromatic heterocycles. The first-order valence-corrected chi connectivity index (χ1v) is 9.56. The predicted octanol–water partition coefficient (Wildman–Crippen LogP) is 1.09. The fourth-order valence-corrected chi connectivity index (χ4v) is 4.00. The minimum atomic E-state index is -0.818. The molecule has 1 saturated carbocycles. The van der Waals surface area contributed by atoms with Crippen molar-refractivity contribution in [1.29, 1.82) is 0 Å². The summed E-state index contributed by atoms with van der Waals surface area (Å²) < 4.78 is 0. The van der Waals surface area contributed by atoms with Crippen LogP contribution in [0.15, 0.2) is 0 Å². The molecule has 25 heavy (non-hydrogen) atoms. The fraction of sp³-hybridized carbons (Fsp3) is 0.833. The standard InChI is InChI=1S/C18H30N4O3/c1-13-6-3-4-10-21(13)11-5-9-19-15(23)12-22-16(24)18(2,14-7-8-14)20-17(22)25/h13-14H,3-12H2,1-2H3,(H,19,23)(H,20,25). The van der Waals surface area contributed by atoms with Crippen LogP contribution >= 0.6 is 0 Å². The highest BCUT2D eigenvalue weighted by molar-refractivity contribution is 6.09. The van der Waals surface area contributed by atoms with Gasteiger partial charge in [-0.2, -0.15) is 0 Å². The molecule has 2 saturated heterocycles. The molecule has 2 aliphatic heterocycles. The van der Waals surface area contributed by atoms with Crippen LogP contribution in [0.3, 0.4) is 0 Å². The molecule has 3 aliphatic rings. The normalized spacial score (nSPS) is 30.5. The molecule has 2 atom stereocenters. The molecular formula is C18H30N4O3. The third-order valence-electron chi connectivity index (χ3n) is 5.88. The summed E-state index contributed by atoms with van der Waals surface area (Å²) in [6.45, 7) is 6.52. The second-order valence-corrected chi connectivity index (χ2v) is 7.88. The van der Waals surface area contributed by atoms with Crippen molar-refractivity contribution >= 4 is 17.8 Å². The van der Waals surface area contributed by atoms with E-state index in [2.05, 4.69) is 22.5 Å². The number of carbonyl (C=O) groups is 3. The number of nitrogens with one attached hydrogen (secondary N) is 2. The largest absolute Gasteiger partial charge is 0.354 e. The van der Waals surface area contributed by atoms with Gasteiger partial charge in [0.2, 0.25) is 5.91 Å². The van der Waals surface area contributed by atoms with E-state index < -0.39 is 11.6 Å². The Morgan fingerprint density at radius 1 is 1.28 bits per heavy atom. The number of nitrogens with zero attached hydrogens (tertiary/aromatic N) is 2. The van der Waals surface area contributed by atoms with Gasteiger partial charge in [-0.25, -0.2) is 4.79 Å². The molecule has 0 bridgehead atoms. The zero-order chi connectivity index (χ0) is 18.0. The minimum Gasteiger partial charge on any atom is -0.354 e. The van der Waals surface area contributed by atoms with Crippen LogP contribution in [0.5, 0.6) is 0 Å². The van der Waals surface area contributed by atoms with Crippen LogP contribution < -0.4 is 10.6 Å². The molecule has 3 rings (SSSR count). The number of rotatable bonds is 7. The lowest BCUT2D eigenvalue weighted by atomic mass is 9.96. The van der Waals surface area contributed by atoms with Crippen LogP contribution in [0, 0.1) is 5.92 Å². The van der Waals surface area contributed by atoms with Crippen molar-refractivity contribution in [2.24, 2.45) is 5.92 Å². The molecule has 2 heterocycles. The summed E-state index contributed by atoms with van der Waals surface area (Å²) in [5, 5.41) is 5.60. The quantitative estimate of drug-likeness (QED) is 0.532. The first kappa shape index (κ1) is 18.2. The third-order valence-corrected chi connectivity index (χ3v) is 5.88. The molecule has 0 spiro atoms. The molecule has 2 N–H and O–H groups in total. The highest BCUT2D eigenvalue weighted by Gasteiger charge is 2.56. The second-order valence-electron chi connectivity index (χ2n) is 7.88. The summed E-state index contributed by atoms with van der Waals surface area (Å²) in [4.78, 5) is 40.2. The van der Waals surface area contributed by atoms with E-state index in [1.165, 1.54) is 19.3 Å². The van der Waals surface area contributed by atoms with Gasteiger partial charge in [0.05, 0.1) is 0 Å². The zero-order valence-corrected chi connectivity index (χ0v) is 15.3. The van der Waals surface area contributed by atoms with E-state index in [-0.39, 0.29) is 24.3 Å². The third kappa shape index (κ3) is 3.97. The van der Waals surface area contributed by atoms with Crippen molar-refractivity contribution in [3.8, 4) is 0 Å². The van der Waals surface area contributed by atoms with Crippen molar-refractivity contribution in [2.45, 2.75) is 64.0 Å². The second kappa shape index (κ2) is 7.32. The van der Waals surface area contributed by atoms with Gasteiger partial charge in [0.25, 0.3) is 5.91 Å². The molecule has 7 heteroatoms. The number of hydrogen-bond acceptors (Lipinski definition) is 4. The molecule has 7 nitrogen and oxygen atoms in total. The van der Waals surface area contributed by atoms with Crippen molar-refractivity contribution in [3.05, 3.63) is 0 Å². The molecule has 4 amide bonds. The lowest BCUT2D eigenvalue weighted by Gasteiger charge is -2.33. The van der Waals surface area contributed by atoms with Crippen molar-refractivity contribution in [2.75, 3.05) is 26.2 Å². The van der Waals surface area contributed by atoms with Crippen molar-refractivity contribution in [3.63, 3.8) is 0 Å². The monoisotopic (exact) mass is 350 g/mol. The van der Waals surface area contributed by atoms with Gasteiger partial charge >= 0.3 is 6.03 Å². The summed E-state index contributed by atoms with van der Waals surface area (Å²) in [6.07, 6.45) is 6.60. The van der Waals surface area contributed by atoms with E-state index in [1.54, 1.807) is 6.92 Å². The minimum absolute atomic E-state index is 0.187. The molecule has 0 radical (unpaired) electrons. The average Bonchev–Trinajstić information content (AvgIpc) is 3.39. The first-order chi connectivity index (χ1) is 11.9. The first-order valence-electron chi connectivity index (χ1n) is 9.56. The summed E-state index contributed by atoms with van der Waals surface area (Å²) >= 11 is 0. The number of imide groups is 1. The van der Waals surface area contributed by atoms with Crippen LogP contribution in [0.1, 0.15) is 52.4 Å². The van der Waals surface area contributed by atoms with Gasteiger partial charge in [-0.05, 0) is 58.4 Å². The maximum atomic E-state index is 12.5. The van der Waals surface area contributed by atoms with E-state index in [4.69, 9.17) is 0 Å². The smallest absolute Gasteiger partial charge is 0.325 e.